The van der Waals surface area contributed by atoms with Crippen molar-refractivity contribution in [3.05, 3.63) is 76.6 Å². The van der Waals surface area contributed by atoms with Crippen molar-refractivity contribution < 1.29 is 9.18 Å². The number of rotatable bonds is 7. The molecule has 0 aliphatic heterocycles. The lowest BCUT2D eigenvalue weighted by molar-refractivity contribution is -0.116. The summed E-state index contributed by atoms with van der Waals surface area (Å²) in [7, 11) is 0. The number of amides is 1. The van der Waals surface area contributed by atoms with Gasteiger partial charge in [0.25, 0.3) is 5.56 Å². The molecule has 0 aliphatic rings. The Morgan fingerprint density at radius 3 is 2.40 bits per heavy atom. The van der Waals surface area contributed by atoms with E-state index in [1.54, 1.807) is 12.1 Å². The number of halogens is 1. The van der Waals surface area contributed by atoms with Gasteiger partial charge in [0.15, 0.2) is 0 Å². The van der Waals surface area contributed by atoms with Gasteiger partial charge in [-0.1, -0.05) is 0 Å². The number of carbonyl (C=O) groups is 1. The molecule has 0 bridgehead atoms. The highest BCUT2D eigenvalue weighted by atomic mass is 19.1. The normalized spacial score (nSPS) is 10.7. The number of nitrogens with one attached hydrogen (secondary N) is 1. The molecule has 2 aromatic carbocycles. The van der Waals surface area contributed by atoms with Crippen molar-refractivity contribution in [1.82, 2.24) is 9.55 Å². The Bertz CT molecular complexity index is 1090. The Kier molecular flexibility index (Phi) is 6.61. The monoisotopic (exact) mass is 408 g/mol. The first kappa shape index (κ1) is 21.2. The number of anilines is 2. The molecule has 0 saturated heterocycles. The van der Waals surface area contributed by atoms with Crippen molar-refractivity contribution in [2.45, 2.75) is 27.3 Å². The molecule has 6 nitrogen and oxygen atoms in total. The van der Waals surface area contributed by atoms with E-state index in [0.717, 1.165) is 24.3 Å². The summed E-state index contributed by atoms with van der Waals surface area (Å²) in [6.45, 7) is 7.81. The second kappa shape index (κ2) is 9.35. The molecule has 1 aromatic heterocycles. The first-order valence-corrected chi connectivity index (χ1v) is 9.89. The highest BCUT2D eigenvalue weighted by molar-refractivity contribution is 5.91. The first-order chi connectivity index (χ1) is 14.4. The van der Waals surface area contributed by atoms with Crippen molar-refractivity contribution in [3.63, 3.8) is 0 Å². The fourth-order valence-electron chi connectivity index (χ4n) is 3.24. The lowest BCUT2D eigenvalue weighted by atomic mass is 10.1. The van der Waals surface area contributed by atoms with Crippen LogP contribution in [0.25, 0.3) is 11.3 Å². The van der Waals surface area contributed by atoms with E-state index in [9.17, 15) is 14.0 Å². The zero-order valence-electron chi connectivity index (χ0n) is 17.4. The number of hydrogen-bond acceptors (Lipinski definition) is 4. The average Bonchev–Trinajstić information content (AvgIpc) is 2.73. The molecule has 3 aromatic rings. The standard InChI is InChI=1S/C23H25FN4O2/c1-4-27(5-2)19-10-11-20(16(3)12-19)26-22(29)14-28-15-25-21(13-23(28)30)17-6-8-18(24)9-7-17/h6-13,15H,4-5,14H2,1-3H3,(H,26,29). The van der Waals surface area contributed by atoms with Gasteiger partial charge in [0, 0.05) is 36.1 Å². The quantitative estimate of drug-likeness (QED) is 0.645. The summed E-state index contributed by atoms with van der Waals surface area (Å²) in [5, 5.41) is 2.85. The van der Waals surface area contributed by atoms with Crippen molar-refractivity contribution >= 4 is 17.3 Å². The fourth-order valence-corrected chi connectivity index (χ4v) is 3.24. The zero-order chi connectivity index (χ0) is 21.7. The lowest BCUT2D eigenvalue weighted by Crippen LogP contribution is -2.27. The highest BCUT2D eigenvalue weighted by Gasteiger charge is 2.10. The number of aryl methyl sites for hydroxylation is 1. The van der Waals surface area contributed by atoms with Crippen LogP contribution >= 0.6 is 0 Å². The van der Waals surface area contributed by atoms with Gasteiger partial charge >= 0.3 is 0 Å². The van der Waals surface area contributed by atoms with Crippen LogP contribution in [-0.4, -0.2) is 28.5 Å². The van der Waals surface area contributed by atoms with Crippen LogP contribution in [0.3, 0.4) is 0 Å². The molecule has 156 valence electrons. The molecule has 0 aliphatic carbocycles. The van der Waals surface area contributed by atoms with E-state index in [1.807, 2.05) is 25.1 Å². The molecule has 1 N–H and O–H groups in total. The summed E-state index contributed by atoms with van der Waals surface area (Å²) in [6, 6.07) is 12.9. The van der Waals surface area contributed by atoms with E-state index in [0.29, 0.717) is 16.9 Å². The minimum Gasteiger partial charge on any atom is -0.372 e. The molecular weight excluding hydrogens is 383 g/mol. The van der Waals surface area contributed by atoms with E-state index < -0.39 is 0 Å². The number of nitrogens with zero attached hydrogens (tertiary/aromatic N) is 3. The van der Waals surface area contributed by atoms with Gasteiger partial charge in [0.05, 0.1) is 12.0 Å². The van der Waals surface area contributed by atoms with Crippen molar-refractivity contribution in [2.75, 3.05) is 23.3 Å². The Labute approximate surface area is 175 Å². The Hall–Kier alpha value is -3.48. The summed E-state index contributed by atoms with van der Waals surface area (Å²) in [6.07, 6.45) is 1.33. The second-order valence-corrected chi connectivity index (χ2v) is 6.97. The molecule has 0 fully saturated rings. The Morgan fingerprint density at radius 2 is 1.80 bits per heavy atom. The van der Waals surface area contributed by atoms with Gasteiger partial charge in [-0.25, -0.2) is 9.37 Å². The average molecular weight is 408 g/mol. The molecule has 0 atom stereocenters. The number of aromatic nitrogens is 2. The van der Waals surface area contributed by atoms with Gasteiger partial charge in [-0.05, 0) is 68.8 Å². The number of hydrogen-bond donors (Lipinski definition) is 1. The maximum absolute atomic E-state index is 13.1. The molecule has 0 saturated carbocycles. The van der Waals surface area contributed by atoms with Crippen molar-refractivity contribution in [2.24, 2.45) is 0 Å². The van der Waals surface area contributed by atoms with Crippen LogP contribution in [0.1, 0.15) is 19.4 Å². The largest absolute Gasteiger partial charge is 0.372 e. The van der Waals surface area contributed by atoms with Crippen LogP contribution in [0.5, 0.6) is 0 Å². The zero-order valence-corrected chi connectivity index (χ0v) is 17.4. The van der Waals surface area contributed by atoms with Crippen molar-refractivity contribution in [3.8, 4) is 11.3 Å². The van der Waals surface area contributed by atoms with Gasteiger partial charge < -0.3 is 10.2 Å². The van der Waals surface area contributed by atoms with Crippen LogP contribution in [0.15, 0.2) is 59.7 Å². The third-order valence-electron chi connectivity index (χ3n) is 4.95. The fraction of sp³-hybridized carbons (Fsp3) is 0.261. The maximum Gasteiger partial charge on any atom is 0.254 e. The van der Waals surface area contributed by atoms with Crippen LogP contribution in [0, 0.1) is 12.7 Å². The minimum absolute atomic E-state index is 0.146. The summed E-state index contributed by atoms with van der Waals surface area (Å²) < 4.78 is 14.3. The van der Waals surface area contributed by atoms with E-state index in [-0.39, 0.29) is 23.8 Å². The Balaban J connectivity index is 1.70. The van der Waals surface area contributed by atoms with E-state index in [4.69, 9.17) is 0 Å². The SMILES string of the molecule is CCN(CC)c1ccc(NC(=O)Cn2cnc(-c3ccc(F)cc3)cc2=O)c(C)c1. The molecule has 30 heavy (non-hydrogen) atoms. The highest BCUT2D eigenvalue weighted by Crippen LogP contribution is 2.22. The molecule has 0 spiro atoms. The Morgan fingerprint density at radius 1 is 1.10 bits per heavy atom. The molecular formula is C23H25FN4O2. The predicted octanol–water partition coefficient (Wildman–Crippen LogP) is 3.84. The third-order valence-corrected chi connectivity index (χ3v) is 4.95. The molecule has 0 radical (unpaired) electrons. The third kappa shape index (κ3) is 4.92. The molecule has 1 heterocycles. The molecule has 7 heteroatoms. The summed E-state index contributed by atoms with van der Waals surface area (Å²) in [5.74, 6) is -0.670. The summed E-state index contributed by atoms with van der Waals surface area (Å²) in [5.41, 5.74) is 3.47. The van der Waals surface area contributed by atoms with E-state index in [2.05, 4.69) is 29.0 Å². The topological polar surface area (TPSA) is 67.2 Å². The van der Waals surface area contributed by atoms with Gasteiger partial charge in [0.2, 0.25) is 5.91 Å². The van der Waals surface area contributed by atoms with Crippen LogP contribution in [-0.2, 0) is 11.3 Å². The summed E-state index contributed by atoms with van der Waals surface area (Å²) in [4.78, 5) is 31.3. The van der Waals surface area contributed by atoms with Crippen LogP contribution in [0.4, 0.5) is 15.8 Å². The number of benzene rings is 2. The van der Waals surface area contributed by atoms with E-state index >= 15 is 0 Å². The molecule has 1 amide bonds. The van der Waals surface area contributed by atoms with Crippen LogP contribution in [0.2, 0.25) is 0 Å². The molecule has 3 rings (SSSR count). The van der Waals surface area contributed by atoms with Crippen molar-refractivity contribution in [1.29, 1.82) is 0 Å². The second-order valence-electron chi connectivity index (χ2n) is 6.97. The number of carbonyl (C=O) groups excluding carboxylic acids is 1. The van der Waals surface area contributed by atoms with E-state index in [1.165, 1.54) is 29.1 Å². The maximum atomic E-state index is 13.1. The minimum atomic E-state index is -0.357. The molecule has 0 unspecified atom stereocenters. The van der Waals surface area contributed by atoms with Crippen LogP contribution < -0.4 is 15.8 Å². The van der Waals surface area contributed by atoms with Gasteiger partial charge in [-0.15, -0.1) is 0 Å². The van der Waals surface area contributed by atoms with Gasteiger partial charge in [0.1, 0.15) is 12.4 Å². The first-order valence-electron chi connectivity index (χ1n) is 9.89. The lowest BCUT2D eigenvalue weighted by Gasteiger charge is -2.22. The predicted molar refractivity (Wildman–Crippen MR) is 117 cm³/mol. The summed E-state index contributed by atoms with van der Waals surface area (Å²) >= 11 is 0. The van der Waals surface area contributed by atoms with Gasteiger partial charge in [-0.2, -0.15) is 0 Å². The van der Waals surface area contributed by atoms with Gasteiger partial charge in [-0.3, -0.25) is 14.2 Å². The smallest absolute Gasteiger partial charge is 0.254 e.